The number of nitrogens with zero attached hydrogens (tertiary/aromatic N) is 2. The van der Waals surface area contributed by atoms with Crippen molar-refractivity contribution in [3.05, 3.63) is 88.0 Å². The van der Waals surface area contributed by atoms with Crippen molar-refractivity contribution >= 4 is 33.3 Å². The van der Waals surface area contributed by atoms with Gasteiger partial charge < -0.3 is 4.74 Å². The maximum absolute atomic E-state index is 13.1. The van der Waals surface area contributed by atoms with Gasteiger partial charge in [0.1, 0.15) is 10.6 Å². The third-order valence-corrected chi connectivity index (χ3v) is 5.66. The third-order valence-electron chi connectivity index (χ3n) is 4.26. The number of nitrogens with one attached hydrogen (secondary N) is 2. The van der Waals surface area contributed by atoms with Crippen LogP contribution in [0.3, 0.4) is 0 Å². The van der Waals surface area contributed by atoms with Crippen molar-refractivity contribution in [2.75, 3.05) is 17.3 Å². The van der Waals surface area contributed by atoms with E-state index in [1.807, 2.05) is 31.2 Å². The molecule has 0 bridgehead atoms. The van der Waals surface area contributed by atoms with Gasteiger partial charge in [-0.2, -0.15) is 5.10 Å². The zero-order valence-corrected chi connectivity index (χ0v) is 17.6. The standard InChI is InChI=1S/C21H20N4O5S/c1-15-6-5-7-16(12-15)14-22-23-19-11-10-17(25(26)27)13-21(19)31(28,29)24-18-8-3-4-9-20(18)30-2/h3-14,23-24H,1-2H3. The van der Waals surface area contributed by atoms with Crippen molar-refractivity contribution in [3.63, 3.8) is 0 Å². The Hall–Kier alpha value is -3.92. The first-order valence-electron chi connectivity index (χ1n) is 9.10. The van der Waals surface area contributed by atoms with Crippen molar-refractivity contribution in [2.45, 2.75) is 11.8 Å². The topological polar surface area (TPSA) is 123 Å². The molecule has 0 saturated carbocycles. The molecule has 3 aromatic rings. The molecule has 0 aromatic heterocycles. The first-order valence-corrected chi connectivity index (χ1v) is 10.6. The van der Waals surface area contributed by atoms with Crippen molar-refractivity contribution in [3.8, 4) is 5.75 Å². The Morgan fingerprint density at radius 3 is 2.52 bits per heavy atom. The molecule has 3 aromatic carbocycles. The van der Waals surface area contributed by atoms with Crippen molar-refractivity contribution < 1.29 is 18.1 Å². The van der Waals surface area contributed by atoms with E-state index >= 15 is 0 Å². The van der Waals surface area contributed by atoms with Gasteiger partial charge in [0, 0.05) is 12.1 Å². The molecule has 0 amide bonds. The van der Waals surface area contributed by atoms with Gasteiger partial charge in [0.15, 0.2) is 0 Å². The fraction of sp³-hybridized carbons (Fsp3) is 0.0952. The van der Waals surface area contributed by atoms with Gasteiger partial charge in [0.05, 0.1) is 29.6 Å². The Morgan fingerprint density at radius 2 is 1.81 bits per heavy atom. The fourth-order valence-corrected chi connectivity index (χ4v) is 4.04. The van der Waals surface area contributed by atoms with Crippen LogP contribution in [0.1, 0.15) is 11.1 Å². The van der Waals surface area contributed by atoms with Crippen LogP contribution in [0.4, 0.5) is 17.1 Å². The second-order valence-corrected chi connectivity index (χ2v) is 8.18. The van der Waals surface area contributed by atoms with Gasteiger partial charge in [-0.05, 0) is 30.7 Å². The van der Waals surface area contributed by atoms with Crippen LogP contribution in [-0.4, -0.2) is 26.7 Å². The number of sulfonamides is 1. The maximum Gasteiger partial charge on any atom is 0.270 e. The molecule has 0 aliphatic rings. The van der Waals surface area contributed by atoms with Crippen LogP contribution in [0.15, 0.2) is 76.7 Å². The summed E-state index contributed by atoms with van der Waals surface area (Å²) in [6, 6.07) is 17.5. The highest BCUT2D eigenvalue weighted by Gasteiger charge is 2.23. The zero-order valence-electron chi connectivity index (χ0n) is 16.8. The average Bonchev–Trinajstić information content (AvgIpc) is 2.74. The summed E-state index contributed by atoms with van der Waals surface area (Å²) in [5, 5.41) is 15.3. The number of methoxy groups -OCH3 is 1. The molecule has 0 saturated heterocycles. The Kier molecular flexibility index (Phi) is 6.51. The quantitative estimate of drug-likeness (QED) is 0.308. The molecule has 10 heteroatoms. The fourth-order valence-electron chi connectivity index (χ4n) is 2.79. The lowest BCUT2D eigenvalue weighted by Gasteiger charge is -2.14. The number of nitro benzene ring substituents is 1. The molecule has 0 aliphatic heterocycles. The van der Waals surface area contributed by atoms with E-state index in [9.17, 15) is 18.5 Å². The van der Waals surface area contributed by atoms with Gasteiger partial charge in [-0.15, -0.1) is 0 Å². The number of rotatable bonds is 8. The van der Waals surface area contributed by atoms with Crippen LogP contribution in [0.5, 0.6) is 5.75 Å². The number of benzene rings is 3. The molecule has 0 aliphatic carbocycles. The summed E-state index contributed by atoms with van der Waals surface area (Å²) in [7, 11) is -2.79. The molecular formula is C21H20N4O5S. The lowest BCUT2D eigenvalue weighted by Crippen LogP contribution is -2.15. The average molecular weight is 440 g/mol. The number of ether oxygens (including phenoxy) is 1. The predicted molar refractivity (Wildman–Crippen MR) is 119 cm³/mol. The number of hydrogen-bond donors (Lipinski definition) is 2. The summed E-state index contributed by atoms with van der Waals surface area (Å²) >= 11 is 0. The van der Waals surface area contributed by atoms with Crippen LogP contribution in [0, 0.1) is 17.0 Å². The zero-order chi connectivity index (χ0) is 22.4. The van der Waals surface area contributed by atoms with Gasteiger partial charge in [-0.1, -0.05) is 42.0 Å². The van der Waals surface area contributed by atoms with Crippen LogP contribution in [-0.2, 0) is 10.0 Å². The summed E-state index contributed by atoms with van der Waals surface area (Å²) < 4.78 is 33.7. The molecular weight excluding hydrogens is 420 g/mol. The highest BCUT2D eigenvalue weighted by atomic mass is 32.2. The molecule has 3 rings (SSSR count). The van der Waals surface area contributed by atoms with E-state index in [-0.39, 0.29) is 22.0 Å². The normalized spacial score (nSPS) is 11.3. The monoisotopic (exact) mass is 440 g/mol. The molecule has 2 N–H and O–H groups in total. The summed E-state index contributed by atoms with van der Waals surface area (Å²) in [6.45, 7) is 1.94. The number of non-ortho nitro benzene ring substituents is 1. The molecule has 0 radical (unpaired) electrons. The van der Waals surface area contributed by atoms with Crippen molar-refractivity contribution in [1.29, 1.82) is 0 Å². The van der Waals surface area contributed by atoms with E-state index in [0.717, 1.165) is 17.2 Å². The van der Waals surface area contributed by atoms with E-state index in [2.05, 4.69) is 15.2 Å². The number of para-hydroxylation sites is 2. The smallest absolute Gasteiger partial charge is 0.270 e. The molecule has 31 heavy (non-hydrogen) atoms. The van der Waals surface area contributed by atoms with Crippen molar-refractivity contribution in [2.24, 2.45) is 5.10 Å². The molecule has 0 unspecified atom stereocenters. The summed E-state index contributed by atoms with van der Waals surface area (Å²) in [6.07, 6.45) is 1.53. The number of aryl methyl sites for hydroxylation is 1. The first kappa shape index (κ1) is 21.8. The minimum absolute atomic E-state index is 0.0805. The Morgan fingerprint density at radius 1 is 1.03 bits per heavy atom. The third kappa shape index (κ3) is 5.37. The van der Waals surface area contributed by atoms with Crippen LogP contribution >= 0.6 is 0 Å². The van der Waals surface area contributed by atoms with E-state index in [0.29, 0.717) is 5.75 Å². The van der Waals surface area contributed by atoms with E-state index < -0.39 is 14.9 Å². The van der Waals surface area contributed by atoms with Crippen LogP contribution in [0.2, 0.25) is 0 Å². The first-order chi connectivity index (χ1) is 14.8. The number of hydrazone groups is 1. The lowest BCUT2D eigenvalue weighted by atomic mass is 10.2. The number of anilines is 2. The largest absolute Gasteiger partial charge is 0.495 e. The predicted octanol–water partition coefficient (Wildman–Crippen LogP) is 4.16. The number of hydrogen-bond acceptors (Lipinski definition) is 7. The van der Waals surface area contributed by atoms with Crippen LogP contribution < -0.4 is 14.9 Å². The Balaban J connectivity index is 1.96. The van der Waals surface area contributed by atoms with Crippen molar-refractivity contribution in [1.82, 2.24) is 0 Å². The molecule has 160 valence electrons. The Bertz CT molecular complexity index is 1240. The summed E-state index contributed by atoms with van der Waals surface area (Å²) in [4.78, 5) is 10.2. The second-order valence-electron chi connectivity index (χ2n) is 6.53. The van der Waals surface area contributed by atoms with Crippen LogP contribution in [0.25, 0.3) is 0 Å². The van der Waals surface area contributed by atoms with Gasteiger partial charge in [0.25, 0.3) is 15.7 Å². The van der Waals surface area contributed by atoms with Gasteiger partial charge in [-0.25, -0.2) is 8.42 Å². The summed E-state index contributed by atoms with van der Waals surface area (Å²) in [5.74, 6) is 0.309. The molecule has 0 spiro atoms. The Labute approximate surface area is 179 Å². The van der Waals surface area contributed by atoms with E-state index in [1.54, 1.807) is 18.2 Å². The van der Waals surface area contributed by atoms with Gasteiger partial charge in [-0.3, -0.25) is 20.3 Å². The van der Waals surface area contributed by atoms with Gasteiger partial charge in [0.2, 0.25) is 0 Å². The molecule has 0 fully saturated rings. The summed E-state index contributed by atoms with van der Waals surface area (Å²) in [5.41, 5.74) is 4.43. The van der Waals surface area contributed by atoms with E-state index in [4.69, 9.17) is 4.74 Å². The number of nitro groups is 1. The second kappa shape index (κ2) is 9.26. The van der Waals surface area contributed by atoms with E-state index in [1.165, 1.54) is 31.5 Å². The minimum atomic E-state index is -4.21. The highest BCUT2D eigenvalue weighted by Crippen LogP contribution is 2.31. The molecule has 0 heterocycles. The SMILES string of the molecule is COc1ccccc1NS(=O)(=O)c1cc([N+](=O)[O-])ccc1NN=Cc1cccc(C)c1. The maximum atomic E-state index is 13.1. The molecule has 9 nitrogen and oxygen atoms in total. The minimum Gasteiger partial charge on any atom is -0.495 e. The lowest BCUT2D eigenvalue weighted by molar-refractivity contribution is -0.385. The van der Waals surface area contributed by atoms with Gasteiger partial charge >= 0.3 is 0 Å². The molecule has 0 atom stereocenters. The highest BCUT2D eigenvalue weighted by molar-refractivity contribution is 7.93.